The molecule has 1 atom stereocenters. The Labute approximate surface area is 145 Å². The third-order valence-electron chi connectivity index (χ3n) is 3.46. The second-order valence-corrected chi connectivity index (χ2v) is 8.33. The van der Waals surface area contributed by atoms with Crippen LogP contribution in [0, 0.1) is 5.82 Å². The van der Waals surface area contributed by atoms with Gasteiger partial charge in [0.2, 0.25) is 5.91 Å². The summed E-state index contributed by atoms with van der Waals surface area (Å²) in [5.41, 5.74) is 0.240. The standard InChI is InChI=1S/C16H19FN2O3S2/c1-3-12(2)18-15(20)11-19(14-8-6-13(17)7-9-14)24(21,22)16-5-4-10-23-16/h4-10,12H,3,11H2,1-2H3,(H,18,20). The van der Waals surface area contributed by atoms with Gasteiger partial charge in [0.1, 0.15) is 16.6 Å². The molecule has 2 rings (SSSR count). The monoisotopic (exact) mass is 370 g/mol. The number of halogens is 1. The van der Waals surface area contributed by atoms with Gasteiger partial charge < -0.3 is 5.32 Å². The zero-order valence-corrected chi connectivity index (χ0v) is 15.0. The Morgan fingerprint density at radius 2 is 1.96 bits per heavy atom. The summed E-state index contributed by atoms with van der Waals surface area (Å²) in [6.45, 7) is 3.40. The lowest BCUT2D eigenvalue weighted by Gasteiger charge is -2.24. The number of carbonyl (C=O) groups excluding carboxylic acids is 1. The normalized spacial score (nSPS) is 12.6. The highest BCUT2D eigenvalue weighted by Crippen LogP contribution is 2.26. The Bertz CT molecular complexity index is 774. The molecule has 1 aromatic heterocycles. The van der Waals surface area contributed by atoms with Gasteiger partial charge in [-0.2, -0.15) is 0 Å². The molecule has 0 radical (unpaired) electrons. The van der Waals surface area contributed by atoms with Crippen molar-refractivity contribution in [2.45, 2.75) is 30.5 Å². The van der Waals surface area contributed by atoms with E-state index in [0.717, 1.165) is 22.1 Å². The number of hydrogen-bond acceptors (Lipinski definition) is 4. The molecule has 2 aromatic rings. The van der Waals surface area contributed by atoms with Crippen LogP contribution < -0.4 is 9.62 Å². The van der Waals surface area contributed by atoms with E-state index in [1.165, 1.54) is 30.3 Å². The summed E-state index contributed by atoms with van der Waals surface area (Å²) < 4.78 is 39.9. The highest BCUT2D eigenvalue weighted by atomic mass is 32.2. The molecule has 0 aliphatic rings. The quantitative estimate of drug-likeness (QED) is 0.815. The van der Waals surface area contributed by atoms with Crippen molar-refractivity contribution in [1.82, 2.24) is 5.32 Å². The number of nitrogens with one attached hydrogen (secondary N) is 1. The first kappa shape index (κ1) is 18.4. The van der Waals surface area contributed by atoms with Crippen LogP contribution in [-0.2, 0) is 14.8 Å². The van der Waals surface area contributed by atoms with Gasteiger partial charge in [-0.3, -0.25) is 9.10 Å². The lowest BCUT2D eigenvalue weighted by molar-refractivity contribution is -0.120. The molecule has 0 saturated heterocycles. The maximum Gasteiger partial charge on any atom is 0.274 e. The summed E-state index contributed by atoms with van der Waals surface area (Å²) in [5, 5.41) is 4.39. The van der Waals surface area contributed by atoms with Gasteiger partial charge in [0.05, 0.1) is 5.69 Å². The average molecular weight is 370 g/mol. The summed E-state index contributed by atoms with van der Waals surface area (Å²) >= 11 is 1.07. The third kappa shape index (κ3) is 4.33. The molecule has 0 fully saturated rings. The lowest BCUT2D eigenvalue weighted by atomic mass is 10.2. The maximum absolute atomic E-state index is 13.2. The average Bonchev–Trinajstić information content (AvgIpc) is 3.08. The highest BCUT2D eigenvalue weighted by molar-refractivity contribution is 7.94. The van der Waals surface area contributed by atoms with E-state index < -0.39 is 21.7 Å². The molecule has 0 saturated carbocycles. The summed E-state index contributed by atoms with van der Waals surface area (Å²) in [5.74, 6) is -0.884. The fraction of sp³-hybridized carbons (Fsp3) is 0.312. The zero-order chi connectivity index (χ0) is 17.7. The molecule has 130 valence electrons. The van der Waals surface area contributed by atoms with Crippen LogP contribution in [0.5, 0.6) is 0 Å². The van der Waals surface area contributed by atoms with Crippen molar-refractivity contribution in [3.63, 3.8) is 0 Å². The van der Waals surface area contributed by atoms with E-state index in [9.17, 15) is 17.6 Å². The van der Waals surface area contributed by atoms with Gasteiger partial charge >= 0.3 is 0 Å². The molecule has 0 bridgehead atoms. The molecular weight excluding hydrogens is 351 g/mol. The van der Waals surface area contributed by atoms with Crippen molar-refractivity contribution in [2.75, 3.05) is 10.8 Å². The Balaban J connectivity index is 2.35. The van der Waals surface area contributed by atoms with Gasteiger partial charge in [-0.05, 0) is 49.1 Å². The van der Waals surface area contributed by atoms with Gasteiger partial charge in [0.15, 0.2) is 0 Å². The molecular formula is C16H19FN2O3S2. The minimum atomic E-state index is -3.89. The van der Waals surface area contributed by atoms with Crippen LogP contribution in [0.3, 0.4) is 0 Å². The summed E-state index contributed by atoms with van der Waals surface area (Å²) in [6, 6.07) is 8.06. The van der Waals surface area contributed by atoms with Crippen LogP contribution in [0.15, 0.2) is 46.0 Å². The number of carbonyl (C=O) groups is 1. The lowest BCUT2D eigenvalue weighted by Crippen LogP contribution is -2.43. The minimum absolute atomic E-state index is 0.0583. The van der Waals surface area contributed by atoms with E-state index in [-0.39, 0.29) is 22.5 Å². The number of benzene rings is 1. The number of nitrogens with zero attached hydrogens (tertiary/aromatic N) is 1. The van der Waals surface area contributed by atoms with Crippen molar-refractivity contribution in [2.24, 2.45) is 0 Å². The topological polar surface area (TPSA) is 66.5 Å². The minimum Gasteiger partial charge on any atom is -0.352 e. The second-order valence-electron chi connectivity index (χ2n) is 5.30. The van der Waals surface area contributed by atoms with E-state index in [2.05, 4.69) is 5.32 Å². The first-order chi connectivity index (χ1) is 11.3. The molecule has 24 heavy (non-hydrogen) atoms. The van der Waals surface area contributed by atoms with Crippen LogP contribution in [-0.4, -0.2) is 26.9 Å². The van der Waals surface area contributed by atoms with Gasteiger partial charge in [-0.1, -0.05) is 13.0 Å². The molecule has 1 N–H and O–H groups in total. The number of rotatable bonds is 7. The van der Waals surface area contributed by atoms with Crippen LogP contribution >= 0.6 is 11.3 Å². The van der Waals surface area contributed by atoms with Crippen molar-refractivity contribution in [1.29, 1.82) is 0 Å². The van der Waals surface area contributed by atoms with E-state index >= 15 is 0 Å². The Hall–Kier alpha value is -1.93. The van der Waals surface area contributed by atoms with Crippen molar-refractivity contribution >= 4 is 33.0 Å². The molecule has 1 heterocycles. The van der Waals surface area contributed by atoms with Gasteiger partial charge in [0.25, 0.3) is 10.0 Å². The molecule has 0 aliphatic carbocycles. The van der Waals surface area contributed by atoms with Gasteiger partial charge in [-0.25, -0.2) is 12.8 Å². The smallest absolute Gasteiger partial charge is 0.274 e. The first-order valence-electron chi connectivity index (χ1n) is 7.45. The van der Waals surface area contributed by atoms with Crippen LogP contribution in [0.1, 0.15) is 20.3 Å². The van der Waals surface area contributed by atoms with Crippen LogP contribution in [0.4, 0.5) is 10.1 Å². The zero-order valence-electron chi connectivity index (χ0n) is 13.4. The largest absolute Gasteiger partial charge is 0.352 e. The molecule has 5 nitrogen and oxygen atoms in total. The van der Waals surface area contributed by atoms with E-state index in [4.69, 9.17) is 0 Å². The third-order valence-corrected chi connectivity index (χ3v) is 6.61. The Morgan fingerprint density at radius 3 is 2.50 bits per heavy atom. The predicted molar refractivity (Wildman–Crippen MR) is 93.1 cm³/mol. The molecule has 1 amide bonds. The summed E-state index contributed by atoms with van der Waals surface area (Å²) in [7, 11) is -3.89. The number of anilines is 1. The molecule has 1 aromatic carbocycles. The predicted octanol–water partition coefficient (Wildman–Crippen LogP) is 3.00. The van der Waals surface area contributed by atoms with Crippen LogP contribution in [0.2, 0.25) is 0 Å². The van der Waals surface area contributed by atoms with Gasteiger partial charge in [-0.15, -0.1) is 11.3 Å². The number of thiophene rings is 1. The number of amides is 1. The Kier molecular flexibility index (Phi) is 5.95. The van der Waals surface area contributed by atoms with E-state index in [1.807, 2.05) is 13.8 Å². The number of sulfonamides is 1. The molecule has 0 spiro atoms. The summed E-state index contributed by atoms with van der Waals surface area (Å²) in [6.07, 6.45) is 0.736. The van der Waals surface area contributed by atoms with Crippen molar-refractivity contribution < 1.29 is 17.6 Å². The second kappa shape index (κ2) is 7.76. The molecule has 8 heteroatoms. The fourth-order valence-corrected chi connectivity index (χ4v) is 4.52. The fourth-order valence-electron chi connectivity index (χ4n) is 1.99. The van der Waals surface area contributed by atoms with Gasteiger partial charge in [0, 0.05) is 6.04 Å². The van der Waals surface area contributed by atoms with E-state index in [0.29, 0.717) is 0 Å². The first-order valence-corrected chi connectivity index (χ1v) is 9.77. The number of hydrogen-bond donors (Lipinski definition) is 1. The van der Waals surface area contributed by atoms with Crippen molar-refractivity contribution in [3.05, 3.63) is 47.6 Å². The summed E-state index contributed by atoms with van der Waals surface area (Å²) in [4.78, 5) is 12.2. The highest BCUT2D eigenvalue weighted by Gasteiger charge is 2.28. The Morgan fingerprint density at radius 1 is 1.29 bits per heavy atom. The van der Waals surface area contributed by atoms with E-state index in [1.54, 1.807) is 11.4 Å². The SMILES string of the molecule is CCC(C)NC(=O)CN(c1ccc(F)cc1)S(=O)(=O)c1cccs1. The maximum atomic E-state index is 13.2. The van der Waals surface area contributed by atoms with Crippen molar-refractivity contribution in [3.8, 4) is 0 Å². The molecule has 0 aliphatic heterocycles. The van der Waals surface area contributed by atoms with Crippen LogP contribution in [0.25, 0.3) is 0 Å². The molecule has 1 unspecified atom stereocenters.